The third kappa shape index (κ3) is 2.01. The first kappa shape index (κ1) is 11.3. The third-order valence-corrected chi connectivity index (χ3v) is 3.33. The predicted molar refractivity (Wildman–Crippen MR) is 64.2 cm³/mol. The SMILES string of the molecule is CC1=c2ccccc2=NC(CS(C)=O)N1[O-]. The molecule has 0 fully saturated rings. The molecule has 1 aromatic carbocycles. The summed E-state index contributed by atoms with van der Waals surface area (Å²) in [5.74, 6) is 0.273. The summed E-state index contributed by atoms with van der Waals surface area (Å²) in [6, 6.07) is 7.51. The van der Waals surface area contributed by atoms with Gasteiger partial charge in [0.2, 0.25) is 0 Å². The highest BCUT2D eigenvalue weighted by Gasteiger charge is 2.15. The second-order valence-electron chi connectivity index (χ2n) is 3.78. The highest BCUT2D eigenvalue weighted by Crippen LogP contribution is 2.10. The first-order valence-electron chi connectivity index (χ1n) is 5.00. The van der Waals surface area contributed by atoms with Crippen LogP contribution in [0.15, 0.2) is 29.3 Å². The van der Waals surface area contributed by atoms with Gasteiger partial charge in [-0.1, -0.05) is 18.2 Å². The van der Waals surface area contributed by atoms with Crippen LogP contribution in [-0.4, -0.2) is 27.4 Å². The van der Waals surface area contributed by atoms with Gasteiger partial charge in [0.05, 0.1) is 11.1 Å². The average Bonchev–Trinajstić information content (AvgIpc) is 2.25. The van der Waals surface area contributed by atoms with Gasteiger partial charge >= 0.3 is 0 Å². The van der Waals surface area contributed by atoms with Gasteiger partial charge in [0.15, 0.2) is 0 Å². The van der Waals surface area contributed by atoms with Gasteiger partial charge in [-0.3, -0.25) is 9.20 Å². The molecule has 0 spiro atoms. The minimum absolute atomic E-state index is 0.273. The molecule has 0 radical (unpaired) electrons. The summed E-state index contributed by atoms with van der Waals surface area (Å²) in [5, 5.41) is 14.4. The highest BCUT2D eigenvalue weighted by atomic mass is 32.2. The Balaban J connectivity index is 2.53. The van der Waals surface area contributed by atoms with Gasteiger partial charge in [-0.05, 0) is 13.0 Å². The van der Waals surface area contributed by atoms with Gasteiger partial charge in [-0.15, -0.1) is 0 Å². The van der Waals surface area contributed by atoms with E-state index in [1.165, 1.54) is 0 Å². The number of hydrogen-bond acceptors (Lipinski definition) is 4. The molecule has 1 heterocycles. The predicted octanol–water partition coefficient (Wildman–Crippen LogP) is -0.0477. The molecule has 2 atom stereocenters. The summed E-state index contributed by atoms with van der Waals surface area (Å²) in [6.07, 6.45) is 1.03. The van der Waals surface area contributed by atoms with Crippen molar-refractivity contribution in [1.29, 1.82) is 0 Å². The average molecular weight is 237 g/mol. The Morgan fingerprint density at radius 1 is 1.50 bits per heavy atom. The van der Waals surface area contributed by atoms with Crippen molar-refractivity contribution in [3.8, 4) is 0 Å². The minimum atomic E-state index is -1.02. The van der Waals surface area contributed by atoms with E-state index in [9.17, 15) is 9.42 Å². The van der Waals surface area contributed by atoms with Crippen LogP contribution >= 0.6 is 0 Å². The minimum Gasteiger partial charge on any atom is -0.757 e. The van der Waals surface area contributed by atoms with Crippen molar-refractivity contribution in [2.45, 2.75) is 13.1 Å². The molecule has 0 N–H and O–H groups in total. The third-order valence-electron chi connectivity index (χ3n) is 2.57. The van der Waals surface area contributed by atoms with Crippen molar-refractivity contribution in [2.75, 3.05) is 12.0 Å². The molecule has 1 aliphatic rings. The zero-order valence-corrected chi connectivity index (χ0v) is 10.0. The van der Waals surface area contributed by atoms with Crippen LogP contribution in [0.25, 0.3) is 5.70 Å². The zero-order chi connectivity index (χ0) is 11.7. The van der Waals surface area contributed by atoms with E-state index >= 15 is 0 Å². The van der Waals surface area contributed by atoms with E-state index in [1.54, 1.807) is 13.2 Å². The van der Waals surface area contributed by atoms with E-state index < -0.39 is 17.0 Å². The van der Waals surface area contributed by atoms with Crippen molar-refractivity contribution in [2.24, 2.45) is 4.99 Å². The van der Waals surface area contributed by atoms with E-state index in [2.05, 4.69) is 4.99 Å². The van der Waals surface area contributed by atoms with E-state index in [0.29, 0.717) is 5.70 Å². The molecule has 2 unspecified atom stereocenters. The van der Waals surface area contributed by atoms with Crippen molar-refractivity contribution in [3.05, 3.63) is 40.0 Å². The fourth-order valence-electron chi connectivity index (χ4n) is 1.76. The number of hydrogen-bond donors (Lipinski definition) is 0. The van der Waals surface area contributed by atoms with Gasteiger partial charge in [-0.2, -0.15) is 0 Å². The molecule has 0 aliphatic carbocycles. The standard InChI is InChI=1S/C11H13N2O2S/c1-8-9-5-3-4-6-10(9)12-11(13(8)14)7-16(2)15/h3-6,11H,7H2,1-2H3/q-1. The summed E-state index contributed by atoms with van der Waals surface area (Å²) >= 11 is 0. The summed E-state index contributed by atoms with van der Waals surface area (Å²) in [6.45, 7) is 1.77. The number of benzene rings is 1. The topological polar surface area (TPSA) is 55.7 Å². The van der Waals surface area contributed by atoms with Crippen LogP contribution in [0.1, 0.15) is 6.92 Å². The molecule has 0 saturated heterocycles. The van der Waals surface area contributed by atoms with Crippen LogP contribution in [0.5, 0.6) is 0 Å². The van der Waals surface area contributed by atoms with Crippen LogP contribution in [0.4, 0.5) is 0 Å². The van der Waals surface area contributed by atoms with Gasteiger partial charge in [-0.25, -0.2) is 0 Å². The normalized spacial score (nSPS) is 21.3. The summed E-state index contributed by atoms with van der Waals surface area (Å²) in [5.41, 5.74) is 0.640. The fraction of sp³-hybridized carbons (Fsp3) is 0.364. The maximum absolute atomic E-state index is 11.9. The molecule has 2 rings (SSSR count). The van der Waals surface area contributed by atoms with E-state index in [-0.39, 0.29) is 5.75 Å². The molecular weight excluding hydrogens is 224 g/mol. The van der Waals surface area contributed by atoms with Crippen molar-refractivity contribution < 1.29 is 4.21 Å². The van der Waals surface area contributed by atoms with Crippen molar-refractivity contribution in [3.63, 3.8) is 0 Å². The molecule has 0 saturated carbocycles. The Bertz CT molecular complexity index is 541. The Morgan fingerprint density at radius 3 is 2.88 bits per heavy atom. The van der Waals surface area contributed by atoms with Gasteiger partial charge in [0, 0.05) is 28.0 Å². The lowest BCUT2D eigenvalue weighted by Gasteiger charge is -2.39. The van der Waals surface area contributed by atoms with Crippen LogP contribution < -0.4 is 10.6 Å². The molecule has 0 aromatic heterocycles. The Morgan fingerprint density at radius 2 is 2.19 bits per heavy atom. The molecule has 0 bridgehead atoms. The molecule has 16 heavy (non-hydrogen) atoms. The molecular formula is C11H13N2O2S-. The Kier molecular flexibility index (Phi) is 3.07. The number of para-hydroxylation sites is 1. The van der Waals surface area contributed by atoms with Crippen LogP contribution in [0.2, 0.25) is 0 Å². The largest absolute Gasteiger partial charge is 0.757 e. The van der Waals surface area contributed by atoms with E-state index in [4.69, 9.17) is 0 Å². The molecule has 5 heteroatoms. The summed E-state index contributed by atoms with van der Waals surface area (Å²) < 4.78 is 11.2. The van der Waals surface area contributed by atoms with Crippen LogP contribution in [0.3, 0.4) is 0 Å². The van der Waals surface area contributed by atoms with E-state index in [0.717, 1.165) is 15.6 Å². The van der Waals surface area contributed by atoms with Gasteiger partial charge < -0.3 is 10.3 Å². The lowest BCUT2D eigenvalue weighted by Crippen LogP contribution is -2.44. The molecule has 1 aliphatic heterocycles. The molecule has 0 amide bonds. The Labute approximate surface area is 96.3 Å². The van der Waals surface area contributed by atoms with Gasteiger partial charge in [0.25, 0.3) is 0 Å². The highest BCUT2D eigenvalue weighted by molar-refractivity contribution is 7.84. The number of rotatable bonds is 2. The number of nitrogens with zero attached hydrogens (tertiary/aromatic N) is 2. The Hall–Kier alpha value is -1.20. The molecule has 1 aromatic rings. The van der Waals surface area contributed by atoms with Crippen LogP contribution in [0, 0.1) is 5.21 Å². The smallest absolute Gasteiger partial charge is 0.123 e. The monoisotopic (exact) mass is 237 g/mol. The van der Waals surface area contributed by atoms with E-state index in [1.807, 2.05) is 24.3 Å². The summed E-state index contributed by atoms with van der Waals surface area (Å²) in [4.78, 5) is 4.32. The zero-order valence-electron chi connectivity index (χ0n) is 9.21. The number of fused-ring (bicyclic) bond motifs is 1. The van der Waals surface area contributed by atoms with Crippen LogP contribution in [-0.2, 0) is 10.8 Å². The fourth-order valence-corrected chi connectivity index (χ4v) is 2.39. The molecule has 4 nitrogen and oxygen atoms in total. The van der Waals surface area contributed by atoms with Gasteiger partial charge in [0.1, 0.15) is 6.17 Å². The quantitative estimate of drug-likeness (QED) is 0.725. The molecule has 86 valence electrons. The first-order valence-corrected chi connectivity index (χ1v) is 6.72. The second kappa shape index (κ2) is 4.35. The lowest BCUT2D eigenvalue weighted by atomic mass is 10.2. The second-order valence-corrected chi connectivity index (χ2v) is 5.26. The summed E-state index contributed by atoms with van der Waals surface area (Å²) in [7, 11) is -1.02. The van der Waals surface area contributed by atoms with Crippen molar-refractivity contribution >= 4 is 16.5 Å². The maximum Gasteiger partial charge on any atom is 0.123 e. The first-order chi connectivity index (χ1) is 7.59. The lowest BCUT2D eigenvalue weighted by molar-refractivity contribution is 0.405. The van der Waals surface area contributed by atoms with Crippen molar-refractivity contribution in [1.82, 2.24) is 5.06 Å². The maximum atomic E-state index is 11.9. The number of hydroxylamine groups is 2.